The molecule has 128 valence electrons. The van der Waals surface area contributed by atoms with Gasteiger partial charge in [-0.25, -0.2) is 13.6 Å². The minimum absolute atomic E-state index is 0.0757. The van der Waals surface area contributed by atoms with Crippen LogP contribution in [-0.4, -0.2) is 52.7 Å². The number of hydrazone groups is 1. The van der Waals surface area contributed by atoms with Gasteiger partial charge in [0.25, 0.3) is 5.92 Å². The summed E-state index contributed by atoms with van der Waals surface area (Å²) >= 11 is 5.90. The maximum atomic E-state index is 14.1. The fourth-order valence-corrected chi connectivity index (χ4v) is 1.91. The Morgan fingerprint density at radius 1 is 1.41 bits per heavy atom. The number of carbonyl (C=O) groups is 1. The third-order valence-electron chi connectivity index (χ3n) is 2.85. The lowest BCUT2D eigenvalue weighted by Gasteiger charge is -2.38. The summed E-state index contributed by atoms with van der Waals surface area (Å²) in [5.74, 6) is -3.09. The summed E-state index contributed by atoms with van der Waals surface area (Å²) in [5, 5.41) is 3.77. The molecule has 0 bridgehead atoms. The lowest BCUT2D eigenvalue weighted by Crippen LogP contribution is -2.58. The molecule has 0 aromatic carbocycles. The molecule has 0 spiro atoms. The van der Waals surface area contributed by atoms with Gasteiger partial charge >= 0.3 is 6.09 Å². The molecular weight excluding hydrogens is 316 g/mol. The Balaban J connectivity index is 2.62. The second-order valence-electron chi connectivity index (χ2n) is 6.96. The molecule has 1 aliphatic heterocycles. The Morgan fingerprint density at radius 2 is 2.00 bits per heavy atom. The standard InChI is InChI=1S/C14H24ClF2N3O2/c1-12(2,3)22-11(21)20-7-6-10(14(16,17)9-20)19-18-8-13(4,5)15/h8,10,19H,6-7,9H2,1-5H3/b18-8-. The number of piperidine rings is 1. The van der Waals surface area contributed by atoms with Crippen LogP contribution in [0.2, 0.25) is 0 Å². The van der Waals surface area contributed by atoms with E-state index in [1.165, 1.54) is 6.21 Å². The van der Waals surface area contributed by atoms with Crippen molar-refractivity contribution in [2.45, 2.75) is 63.5 Å². The lowest BCUT2D eigenvalue weighted by atomic mass is 10.0. The number of carbonyl (C=O) groups excluding carboxylic acids is 1. The Bertz CT molecular complexity index is 431. The highest BCUT2D eigenvalue weighted by atomic mass is 35.5. The van der Waals surface area contributed by atoms with Gasteiger partial charge in [0.2, 0.25) is 0 Å². The summed E-state index contributed by atoms with van der Waals surface area (Å²) in [4.78, 5) is 12.2. The molecule has 1 aliphatic rings. The van der Waals surface area contributed by atoms with E-state index in [0.717, 1.165) is 4.90 Å². The van der Waals surface area contributed by atoms with Crippen LogP contribution in [0.25, 0.3) is 0 Å². The van der Waals surface area contributed by atoms with Crippen LogP contribution in [0, 0.1) is 0 Å². The largest absolute Gasteiger partial charge is 0.444 e. The number of likely N-dealkylation sites (tertiary alicyclic amines) is 1. The maximum Gasteiger partial charge on any atom is 0.410 e. The van der Waals surface area contributed by atoms with E-state index < -0.39 is 35.1 Å². The van der Waals surface area contributed by atoms with Gasteiger partial charge in [-0.1, -0.05) is 0 Å². The second kappa shape index (κ2) is 6.56. The van der Waals surface area contributed by atoms with Crippen molar-refractivity contribution in [1.82, 2.24) is 10.3 Å². The highest BCUT2D eigenvalue weighted by Crippen LogP contribution is 2.28. The van der Waals surface area contributed by atoms with E-state index in [1.54, 1.807) is 34.6 Å². The van der Waals surface area contributed by atoms with E-state index in [2.05, 4.69) is 10.5 Å². The average molecular weight is 340 g/mol. The molecule has 1 amide bonds. The number of nitrogens with zero attached hydrogens (tertiary/aromatic N) is 2. The lowest BCUT2D eigenvalue weighted by molar-refractivity contribution is -0.0911. The number of hydrogen-bond donors (Lipinski definition) is 1. The summed E-state index contributed by atoms with van der Waals surface area (Å²) < 4.78 is 33.3. The molecule has 0 aliphatic carbocycles. The van der Waals surface area contributed by atoms with Crippen LogP contribution < -0.4 is 5.43 Å². The van der Waals surface area contributed by atoms with Gasteiger partial charge in [0.05, 0.1) is 11.4 Å². The third-order valence-corrected chi connectivity index (χ3v) is 2.95. The van der Waals surface area contributed by atoms with Crippen molar-refractivity contribution >= 4 is 23.9 Å². The van der Waals surface area contributed by atoms with E-state index in [0.29, 0.717) is 0 Å². The molecule has 0 saturated carbocycles. The number of rotatable bonds is 3. The highest BCUT2D eigenvalue weighted by molar-refractivity contribution is 6.31. The van der Waals surface area contributed by atoms with Crippen LogP contribution in [0.3, 0.4) is 0 Å². The summed E-state index contributed by atoms with van der Waals surface area (Å²) in [6, 6.07) is -1.14. The van der Waals surface area contributed by atoms with Gasteiger partial charge in [0, 0.05) is 12.8 Å². The molecule has 0 aromatic rings. The van der Waals surface area contributed by atoms with Crippen LogP contribution >= 0.6 is 11.6 Å². The van der Waals surface area contributed by atoms with Crippen molar-refractivity contribution < 1.29 is 18.3 Å². The van der Waals surface area contributed by atoms with E-state index in [-0.39, 0.29) is 13.0 Å². The molecule has 0 radical (unpaired) electrons. The monoisotopic (exact) mass is 339 g/mol. The molecule has 1 saturated heterocycles. The van der Waals surface area contributed by atoms with Crippen LogP contribution in [-0.2, 0) is 4.74 Å². The minimum Gasteiger partial charge on any atom is -0.444 e. The zero-order chi connectivity index (χ0) is 17.2. The SMILES string of the molecule is CC(C)(Cl)/C=N\NC1CCN(C(=O)OC(C)(C)C)CC1(F)F. The maximum absolute atomic E-state index is 14.1. The second-order valence-corrected chi connectivity index (χ2v) is 7.93. The number of hydrogen-bond acceptors (Lipinski definition) is 4. The zero-order valence-corrected chi connectivity index (χ0v) is 14.4. The van der Waals surface area contributed by atoms with Gasteiger partial charge < -0.3 is 15.1 Å². The fraction of sp³-hybridized carbons (Fsp3) is 0.857. The first-order valence-corrected chi connectivity index (χ1v) is 7.52. The molecule has 1 heterocycles. The van der Waals surface area contributed by atoms with Gasteiger partial charge in [-0.2, -0.15) is 5.10 Å². The summed E-state index contributed by atoms with van der Waals surface area (Å²) in [6.45, 7) is 7.97. The molecule has 1 atom stereocenters. The van der Waals surface area contributed by atoms with Crippen molar-refractivity contribution in [3.05, 3.63) is 0 Å². The molecule has 1 rings (SSSR count). The first kappa shape index (κ1) is 18.9. The first-order chi connectivity index (χ1) is 9.80. The molecule has 1 unspecified atom stereocenters. The van der Waals surface area contributed by atoms with Gasteiger partial charge in [0.15, 0.2) is 0 Å². The average Bonchev–Trinajstić information content (AvgIpc) is 2.26. The molecule has 1 fully saturated rings. The minimum atomic E-state index is -3.09. The van der Waals surface area contributed by atoms with Gasteiger partial charge in [0.1, 0.15) is 11.6 Å². The van der Waals surface area contributed by atoms with Crippen molar-refractivity contribution in [2.24, 2.45) is 5.10 Å². The summed E-state index contributed by atoms with van der Waals surface area (Å²) in [6.07, 6.45) is 0.716. The highest BCUT2D eigenvalue weighted by Gasteiger charge is 2.46. The Kier molecular flexibility index (Phi) is 5.65. The van der Waals surface area contributed by atoms with Gasteiger partial charge in [-0.3, -0.25) is 0 Å². The molecule has 8 heteroatoms. The van der Waals surface area contributed by atoms with Crippen molar-refractivity contribution in [1.29, 1.82) is 0 Å². The van der Waals surface area contributed by atoms with Crippen molar-refractivity contribution in [2.75, 3.05) is 13.1 Å². The van der Waals surface area contributed by atoms with E-state index in [1.807, 2.05) is 0 Å². The van der Waals surface area contributed by atoms with Crippen LogP contribution in [0.4, 0.5) is 13.6 Å². The van der Waals surface area contributed by atoms with Crippen LogP contribution in [0.5, 0.6) is 0 Å². The topological polar surface area (TPSA) is 53.9 Å². The smallest absolute Gasteiger partial charge is 0.410 e. The molecule has 1 N–H and O–H groups in total. The first-order valence-electron chi connectivity index (χ1n) is 7.15. The van der Waals surface area contributed by atoms with Gasteiger partial charge in [-0.15, -0.1) is 11.6 Å². The molecule has 22 heavy (non-hydrogen) atoms. The zero-order valence-electron chi connectivity index (χ0n) is 13.6. The predicted molar refractivity (Wildman–Crippen MR) is 82.7 cm³/mol. The van der Waals surface area contributed by atoms with E-state index in [4.69, 9.17) is 16.3 Å². The number of amides is 1. The van der Waals surface area contributed by atoms with Crippen LogP contribution in [0.1, 0.15) is 41.0 Å². The number of ether oxygens (including phenoxy) is 1. The van der Waals surface area contributed by atoms with Crippen molar-refractivity contribution in [3.63, 3.8) is 0 Å². The normalized spacial score (nSPS) is 22.7. The quantitative estimate of drug-likeness (QED) is 0.488. The van der Waals surface area contributed by atoms with Crippen molar-refractivity contribution in [3.8, 4) is 0 Å². The fourth-order valence-electron chi connectivity index (χ4n) is 1.86. The number of halogens is 3. The van der Waals surface area contributed by atoms with E-state index >= 15 is 0 Å². The molecule has 0 aromatic heterocycles. The van der Waals surface area contributed by atoms with E-state index in [9.17, 15) is 13.6 Å². The Morgan fingerprint density at radius 3 is 2.45 bits per heavy atom. The van der Waals surface area contributed by atoms with Crippen LogP contribution in [0.15, 0.2) is 5.10 Å². The predicted octanol–water partition coefficient (Wildman–Crippen LogP) is 3.22. The number of nitrogens with one attached hydrogen (secondary N) is 1. The Hall–Kier alpha value is -1.11. The Labute approximate surface area is 135 Å². The summed E-state index contributed by atoms with van der Waals surface area (Å²) in [5.41, 5.74) is 1.72. The molecular formula is C14H24ClF2N3O2. The summed E-state index contributed by atoms with van der Waals surface area (Å²) in [7, 11) is 0. The molecule has 5 nitrogen and oxygen atoms in total. The number of alkyl halides is 3. The third kappa shape index (κ3) is 6.34. The van der Waals surface area contributed by atoms with Gasteiger partial charge in [-0.05, 0) is 41.0 Å².